The van der Waals surface area contributed by atoms with E-state index < -0.39 is 0 Å². The first-order valence-electron chi connectivity index (χ1n) is 6.08. The van der Waals surface area contributed by atoms with Crippen LogP contribution in [0.25, 0.3) is 0 Å². The summed E-state index contributed by atoms with van der Waals surface area (Å²) in [7, 11) is 1.84. The van der Waals surface area contributed by atoms with Crippen LogP contribution < -0.4 is 10.2 Å². The van der Waals surface area contributed by atoms with Crippen LogP contribution >= 0.6 is 0 Å². The van der Waals surface area contributed by atoms with Crippen LogP contribution in [0.4, 0.5) is 5.88 Å². The maximum Gasteiger partial charge on any atom is 0.246 e. The Hall–Kier alpha value is -1.29. The minimum atomic E-state index is -0.157. The van der Waals surface area contributed by atoms with Crippen molar-refractivity contribution in [3.63, 3.8) is 0 Å². The van der Waals surface area contributed by atoms with Gasteiger partial charge in [-0.3, -0.25) is 9.69 Å². The topological polar surface area (TPSA) is 45.5 Å². The fourth-order valence-corrected chi connectivity index (χ4v) is 2.59. The van der Waals surface area contributed by atoms with Gasteiger partial charge in [0.15, 0.2) is 0 Å². The molecule has 2 rings (SSSR count). The SMILES string of the molecule is CNC1C(=O)N(c2ccco2)CCCC1(C)C. The van der Waals surface area contributed by atoms with E-state index in [1.165, 1.54) is 0 Å². The zero-order valence-corrected chi connectivity index (χ0v) is 10.7. The second-order valence-electron chi connectivity index (χ2n) is 5.25. The average Bonchev–Trinajstić information content (AvgIpc) is 2.74. The fourth-order valence-electron chi connectivity index (χ4n) is 2.59. The maximum atomic E-state index is 12.5. The maximum absolute atomic E-state index is 12.5. The Kier molecular flexibility index (Phi) is 3.24. The van der Waals surface area contributed by atoms with E-state index in [4.69, 9.17) is 4.42 Å². The van der Waals surface area contributed by atoms with Gasteiger partial charge in [0.2, 0.25) is 11.8 Å². The van der Waals surface area contributed by atoms with Gasteiger partial charge in [0.25, 0.3) is 0 Å². The molecule has 1 aromatic rings. The highest BCUT2D eigenvalue weighted by Crippen LogP contribution is 2.32. The molecule has 1 aliphatic heterocycles. The number of furan rings is 1. The monoisotopic (exact) mass is 236 g/mol. The second kappa shape index (κ2) is 4.53. The minimum Gasteiger partial charge on any atom is -0.448 e. The molecule has 2 heterocycles. The van der Waals surface area contributed by atoms with E-state index in [2.05, 4.69) is 19.2 Å². The van der Waals surface area contributed by atoms with E-state index >= 15 is 0 Å². The number of carbonyl (C=O) groups is 1. The Morgan fingerprint density at radius 3 is 2.88 bits per heavy atom. The Morgan fingerprint density at radius 2 is 2.29 bits per heavy atom. The van der Waals surface area contributed by atoms with Crippen molar-refractivity contribution in [2.45, 2.75) is 32.7 Å². The van der Waals surface area contributed by atoms with Crippen molar-refractivity contribution in [3.05, 3.63) is 18.4 Å². The largest absolute Gasteiger partial charge is 0.448 e. The van der Waals surface area contributed by atoms with Crippen molar-refractivity contribution in [2.24, 2.45) is 5.41 Å². The molecule has 0 spiro atoms. The summed E-state index contributed by atoms with van der Waals surface area (Å²) in [5.41, 5.74) is -0.0207. The average molecular weight is 236 g/mol. The lowest BCUT2D eigenvalue weighted by atomic mass is 9.80. The molecule has 1 aliphatic rings. The molecule has 0 radical (unpaired) electrons. The molecule has 0 aromatic carbocycles. The zero-order chi connectivity index (χ0) is 12.5. The van der Waals surface area contributed by atoms with Gasteiger partial charge in [-0.25, -0.2) is 0 Å². The highest BCUT2D eigenvalue weighted by Gasteiger charge is 2.39. The highest BCUT2D eigenvalue weighted by molar-refractivity contribution is 5.96. The molecule has 0 saturated carbocycles. The second-order valence-corrected chi connectivity index (χ2v) is 5.25. The third-order valence-electron chi connectivity index (χ3n) is 3.56. The Morgan fingerprint density at radius 1 is 1.53 bits per heavy atom. The molecule has 4 heteroatoms. The summed E-state index contributed by atoms with van der Waals surface area (Å²) in [6.45, 7) is 5.00. The van der Waals surface area contributed by atoms with Gasteiger partial charge in [-0.2, -0.15) is 0 Å². The van der Waals surface area contributed by atoms with Gasteiger partial charge in [0, 0.05) is 12.6 Å². The number of amides is 1. The normalized spacial score (nSPS) is 24.8. The van der Waals surface area contributed by atoms with Crippen molar-refractivity contribution in [2.75, 3.05) is 18.5 Å². The number of rotatable bonds is 2. The molecule has 1 aromatic heterocycles. The molecular formula is C13H20N2O2. The lowest BCUT2D eigenvalue weighted by Crippen LogP contribution is -2.50. The van der Waals surface area contributed by atoms with Crippen molar-refractivity contribution in [1.29, 1.82) is 0 Å². The molecule has 94 valence electrons. The number of hydrogen-bond donors (Lipinski definition) is 1. The van der Waals surface area contributed by atoms with E-state index in [-0.39, 0.29) is 17.4 Å². The fraction of sp³-hybridized carbons (Fsp3) is 0.615. The molecule has 1 fully saturated rings. The van der Waals surface area contributed by atoms with Crippen LogP contribution in [0.3, 0.4) is 0 Å². The molecule has 1 amide bonds. The van der Waals surface area contributed by atoms with Crippen LogP contribution in [-0.2, 0) is 4.79 Å². The Bertz CT molecular complexity index is 384. The van der Waals surface area contributed by atoms with E-state index in [1.807, 2.05) is 19.2 Å². The number of carbonyl (C=O) groups excluding carboxylic acids is 1. The summed E-state index contributed by atoms with van der Waals surface area (Å²) in [5, 5.41) is 3.14. The van der Waals surface area contributed by atoms with E-state index in [1.54, 1.807) is 11.2 Å². The van der Waals surface area contributed by atoms with Crippen molar-refractivity contribution in [3.8, 4) is 0 Å². The van der Waals surface area contributed by atoms with Gasteiger partial charge in [-0.05, 0) is 31.4 Å². The van der Waals surface area contributed by atoms with Gasteiger partial charge < -0.3 is 9.73 Å². The van der Waals surface area contributed by atoms with Gasteiger partial charge in [-0.15, -0.1) is 0 Å². The van der Waals surface area contributed by atoms with E-state index in [0.29, 0.717) is 5.88 Å². The molecule has 17 heavy (non-hydrogen) atoms. The van der Waals surface area contributed by atoms with Crippen LogP contribution in [0, 0.1) is 5.41 Å². The van der Waals surface area contributed by atoms with E-state index in [0.717, 1.165) is 19.4 Å². The summed E-state index contributed by atoms with van der Waals surface area (Å²) in [5.74, 6) is 0.748. The quantitative estimate of drug-likeness (QED) is 0.854. The van der Waals surface area contributed by atoms with Gasteiger partial charge in [-0.1, -0.05) is 13.8 Å². The van der Waals surface area contributed by atoms with Crippen LogP contribution in [0.1, 0.15) is 26.7 Å². The molecule has 0 bridgehead atoms. The van der Waals surface area contributed by atoms with Crippen LogP contribution in [0.2, 0.25) is 0 Å². The Labute approximate surface area is 102 Å². The smallest absolute Gasteiger partial charge is 0.246 e. The number of nitrogens with zero attached hydrogens (tertiary/aromatic N) is 1. The molecule has 0 aliphatic carbocycles. The highest BCUT2D eigenvalue weighted by atomic mass is 16.3. The van der Waals surface area contributed by atoms with Crippen molar-refractivity contribution >= 4 is 11.8 Å². The molecule has 1 N–H and O–H groups in total. The number of likely N-dealkylation sites (N-methyl/N-ethyl adjacent to an activating group) is 1. The standard InChI is InChI=1S/C13H20N2O2/c1-13(2)7-5-8-15(10-6-4-9-17-10)12(16)11(13)14-3/h4,6,9,11,14H,5,7-8H2,1-3H3. The molecule has 4 nitrogen and oxygen atoms in total. The lowest BCUT2D eigenvalue weighted by molar-refractivity contribution is -0.122. The summed E-state index contributed by atoms with van der Waals surface area (Å²) in [4.78, 5) is 14.2. The van der Waals surface area contributed by atoms with Crippen LogP contribution in [0.15, 0.2) is 22.8 Å². The summed E-state index contributed by atoms with van der Waals surface area (Å²) < 4.78 is 5.34. The first-order chi connectivity index (χ1) is 8.06. The third kappa shape index (κ3) is 2.22. The minimum absolute atomic E-state index is 0.0207. The Balaban J connectivity index is 2.29. The number of nitrogens with one attached hydrogen (secondary N) is 1. The first-order valence-corrected chi connectivity index (χ1v) is 6.08. The van der Waals surface area contributed by atoms with Crippen LogP contribution in [0.5, 0.6) is 0 Å². The zero-order valence-electron chi connectivity index (χ0n) is 10.7. The van der Waals surface area contributed by atoms with E-state index in [9.17, 15) is 4.79 Å². The van der Waals surface area contributed by atoms with Gasteiger partial charge in [0.05, 0.1) is 12.3 Å². The molecule has 1 atom stereocenters. The van der Waals surface area contributed by atoms with Crippen LogP contribution in [-0.4, -0.2) is 25.5 Å². The van der Waals surface area contributed by atoms with Gasteiger partial charge >= 0.3 is 0 Å². The number of anilines is 1. The third-order valence-corrected chi connectivity index (χ3v) is 3.56. The predicted molar refractivity (Wildman–Crippen MR) is 66.9 cm³/mol. The molecule has 1 unspecified atom stereocenters. The summed E-state index contributed by atoms with van der Waals surface area (Å²) in [6, 6.07) is 3.49. The van der Waals surface area contributed by atoms with Crippen molar-refractivity contribution in [1.82, 2.24) is 5.32 Å². The lowest BCUT2D eigenvalue weighted by Gasteiger charge is -2.32. The molecule has 1 saturated heterocycles. The summed E-state index contributed by atoms with van der Waals surface area (Å²) in [6.07, 6.45) is 3.63. The predicted octanol–water partition coefficient (Wildman–Crippen LogP) is 2.02. The summed E-state index contributed by atoms with van der Waals surface area (Å²) >= 11 is 0. The van der Waals surface area contributed by atoms with Gasteiger partial charge in [0.1, 0.15) is 0 Å². The number of hydrogen-bond acceptors (Lipinski definition) is 3. The van der Waals surface area contributed by atoms with Crippen molar-refractivity contribution < 1.29 is 9.21 Å². The molecular weight excluding hydrogens is 216 g/mol. The first kappa shape index (κ1) is 12.2.